The Kier molecular flexibility index (Phi) is 5.71. The van der Waals surface area contributed by atoms with E-state index in [-0.39, 0.29) is 11.4 Å². The van der Waals surface area contributed by atoms with Crippen molar-refractivity contribution in [3.8, 4) is 5.75 Å². The molecule has 164 valence electrons. The summed E-state index contributed by atoms with van der Waals surface area (Å²) >= 11 is 1.36. The number of rotatable bonds is 6. The van der Waals surface area contributed by atoms with Crippen LogP contribution in [0.15, 0.2) is 88.9 Å². The summed E-state index contributed by atoms with van der Waals surface area (Å²) in [6, 6.07) is 21.6. The molecule has 3 aromatic rings. The Morgan fingerprint density at radius 3 is 2.67 bits per heavy atom. The van der Waals surface area contributed by atoms with Crippen molar-refractivity contribution >= 4 is 40.4 Å². The van der Waals surface area contributed by atoms with Crippen LogP contribution in [0.1, 0.15) is 16.8 Å². The molecule has 0 bridgehead atoms. The molecule has 2 aliphatic heterocycles. The molecule has 0 saturated heterocycles. The molecule has 0 spiro atoms. The van der Waals surface area contributed by atoms with E-state index in [1.54, 1.807) is 11.0 Å². The number of aryl methyl sites for hydroxylation is 1. The topological polar surface area (TPSA) is 70.7 Å². The van der Waals surface area contributed by atoms with Crippen LogP contribution in [0, 0.1) is 12.3 Å². The Morgan fingerprint density at radius 2 is 1.85 bits per heavy atom. The molecule has 0 unspecified atom stereocenters. The summed E-state index contributed by atoms with van der Waals surface area (Å²) in [6.45, 7) is 3.13. The lowest BCUT2D eigenvalue weighted by Crippen LogP contribution is -2.38. The largest absolute Gasteiger partial charge is 0.491 e. The number of para-hydroxylation sites is 1. The van der Waals surface area contributed by atoms with E-state index in [9.17, 15) is 4.79 Å². The maximum absolute atomic E-state index is 12.8. The van der Waals surface area contributed by atoms with E-state index in [4.69, 9.17) is 10.1 Å². The van der Waals surface area contributed by atoms with Crippen LogP contribution in [0.4, 0.5) is 0 Å². The number of nitrogens with one attached hydrogen (secondary N) is 1. The maximum Gasteiger partial charge on any atom is 0.283 e. The molecule has 33 heavy (non-hydrogen) atoms. The Bertz CT molecular complexity index is 1320. The van der Waals surface area contributed by atoms with Crippen molar-refractivity contribution < 1.29 is 9.53 Å². The molecule has 0 fully saturated rings. The zero-order valence-corrected chi connectivity index (χ0v) is 18.9. The number of amidine groups is 2. The first-order chi connectivity index (χ1) is 16.1. The van der Waals surface area contributed by atoms with E-state index in [2.05, 4.69) is 4.99 Å². The van der Waals surface area contributed by atoms with Gasteiger partial charge >= 0.3 is 0 Å². The molecule has 1 N–H and O–H groups in total. The summed E-state index contributed by atoms with van der Waals surface area (Å²) in [5.41, 5.74) is 4.01. The van der Waals surface area contributed by atoms with Crippen LogP contribution in [-0.4, -0.2) is 33.0 Å². The van der Waals surface area contributed by atoms with Gasteiger partial charge in [-0.15, -0.1) is 0 Å². The number of fused-ring (bicyclic) bond motifs is 1. The molecule has 1 amide bonds. The number of carbonyl (C=O) groups excluding carboxylic acids is 1. The zero-order chi connectivity index (χ0) is 22.8. The van der Waals surface area contributed by atoms with Crippen molar-refractivity contribution in [3.63, 3.8) is 0 Å². The second-order valence-corrected chi connectivity index (χ2v) is 8.51. The lowest BCUT2D eigenvalue weighted by Gasteiger charge is -2.27. The van der Waals surface area contributed by atoms with E-state index < -0.39 is 5.91 Å². The number of aromatic nitrogens is 1. The minimum Gasteiger partial charge on any atom is -0.491 e. The van der Waals surface area contributed by atoms with Gasteiger partial charge in [-0.2, -0.15) is 4.99 Å². The number of carbonyl (C=O) groups is 1. The molecule has 2 aromatic carbocycles. The summed E-state index contributed by atoms with van der Waals surface area (Å²) in [5, 5.41) is 11.3. The van der Waals surface area contributed by atoms with Crippen molar-refractivity contribution in [2.45, 2.75) is 13.5 Å². The van der Waals surface area contributed by atoms with Gasteiger partial charge in [0.05, 0.1) is 17.8 Å². The van der Waals surface area contributed by atoms with Crippen LogP contribution < -0.4 is 4.74 Å². The average Bonchev–Trinajstić information content (AvgIpc) is 3.45. The number of amides is 1. The van der Waals surface area contributed by atoms with Gasteiger partial charge in [0.15, 0.2) is 5.17 Å². The molecular weight excluding hydrogens is 432 g/mol. The third-order valence-corrected chi connectivity index (χ3v) is 6.35. The van der Waals surface area contributed by atoms with E-state index in [1.807, 2.05) is 89.8 Å². The number of hydrogen-bond donors (Lipinski definition) is 1. The average molecular weight is 455 g/mol. The van der Waals surface area contributed by atoms with Gasteiger partial charge in [-0.3, -0.25) is 15.1 Å². The van der Waals surface area contributed by atoms with Crippen LogP contribution in [0.5, 0.6) is 5.75 Å². The van der Waals surface area contributed by atoms with Gasteiger partial charge in [-0.05, 0) is 42.3 Å². The number of thioether (sulfide) groups is 1. The van der Waals surface area contributed by atoms with E-state index in [0.29, 0.717) is 18.3 Å². The van der Waals surface area contributed by atoms with Gasteiger partial charge in [-0.25, -0.2) is 0 Å². The first-order valence-electron chi connectivity index (χ1n) is 10.6. The predicted octanol–water partition coefficient (Wildman–Crippen LogP) is 5.18. The highest BCUT2D eigenvalue weighted by atomic mass is 32.2. The van der Waals surface area contributed by atoms with Crippen LogP contribution >= 0.6 is 11.8 Å². The summed E-state index contributed by atoms with van der Waals surface area (Å²) in [4.78, 5) is 18.8. The van der Waals surface area contributed by atoms with Gasteiger partial charge in [0, 0.05) is 17.3 Å². The number of nitrogens with zero attached hydrogens (tertiary/aromatic N) is 3. The van der Waals surface area contributed by atoms with E-state index in [0.717, 1.165) is 28.3 Å². The standard InChI is InChI=1S/C26H22N4O2S/c1-18-8-5-6-12-23(18)32-15-14-29-13-7-11-20(29)16-21-24(27)30-22(19-9-3-2-4-10-19)17-33-26(30)28-25(21)31/h2-13,16-17,27H,14-15H2,1H3. The fourth-order valence-electron chi connectivity index (χ4n) is 3.80. The minimum absolute atomic E-state index is 0.133. The van der Waals surface area contributed by atoms with Gasteiger partial charge in [0.1, 0.15) is 18.2 Å². The van der Waals surface area contributed by atoms with Crippen LogP contribution in [0.25, 0.3) is 11.8 Å². The van der Waals surface area contributed by atoms with Crippen LogP contribution in [-0.2, 0) is 11.3 Å². The van der Waals surface area contributed by atoms with Crippen molar-refractivity contribution in [1.82, 2.24) is 9.47 Å². The minimum atomic E-state index is -0.398. The third-order valence-electron chi connectivity index (χ3n) is 5.52. The number of benzene rings is 2. The molecule has 1 aromatic heterocycles. The highest BCUT2D eigenvalue weighted by Gasteiger charge is 2.36. The first-order valence-corrected chi connectivity index (χ1v) is 11.5. The second kappa shape index (κ2) is 8.96. The number of aliphatic imine (C=N–C) groups is 1. The fraction of sp³-hybridized carbons (Fsp3) is 0.115. The summed E-state index contributed by atoms with van der Waals surface area (Å²) in [6.07, 6.45) is 3.69. The van der Waals surface area contributed by atoms with Crippen molar-refractivity contribution in [2.75, 3.05) is 6.61 Å². The smallest absolute Gasteiger partial charge is 0.283 e. The molecule has 5 rings (SSSR count). The summed E-state index contributed by atoms with van der Waals surface area (Å²) in [7, 11) is 0. The second-order valence-electron chi connectivity index (χ2n) is 7.67. The highest BCUT2D eigenvalue weighted by Crippen LogP contribution is 2.37. The van der Waals surface area contributed by atoms with Gasteiger partial charge in [0.2, 0.25) is 0 Å². The monoisotopic (exact) mass is 454 g/mol. The molecule has 6 nitrogen and oxygen atoms in total. The normalized spacial score (nSPS) is 16.6. The quantitative estimate of drug-likeness (QED) is 0.521. The Labute approximate surface area is 196 Å². The number of hydrogen-bond acceptors (Lipinski definition) is 4. The van der Waals surface area contributed by atoms with Crippen molar-refractivity contribution in [1.29, 1.82) is 5.41 Å². The van der Waals surface area contributed by atoms with Gasteiger partial charge in [0.25, 0.3) is 5.91 Å². The predicted molar refractivity (Wildman–Crippen MR) is 133 cm³/mol. The Hall–Kier alpha value is -3.84. The number of ether oxygens (including phenoxy) is 1. The van der Waals surface area contributed by atoms with Crippen molar-refractivity contribution in [2.24, 2.45) is 4.99 Å². The lowest BCUT2D eigenvalue weighted by atomic mass is 10.1. The molecule has 7 heteroatoms. The fourth-order valence-corrected chi connectivity index (χ4v) is 4.69. The highest BCUT2D eigenvalue weighted by molar-refractivity contribution is 8.17. The lowest BCUT2D eigenvalue weighted by molar-refractivity contribution is -0.114. The maximum atomic E-state index is 12.8. The molecular formula is C26H22N4O2S. The SMILES string of the molecule is Cc1ccccc1OCCn1cccc1C=C1C(=N)N2C(c3ccccc3)=CSC2=NC1=O. The van der Waals surface area contributed by atoms with Crippen molar-refractivity contribution in [3.05, 3.63) is 101 Å². The van der Waals surface area contributed by atoms with Crippen LogP contribution in [0.2, 0.25) is 0 Å². The summed E-state index contributed by atoms with van der Waals surface area (Å²) < 4.78 is 7.94. The van der Waals surface area contributed by atoms with Crippen LogP contribution in [0.3, 0.4) is 0 Å². The molecule has 0 saturated carbocycles. The molecule has 0 aliphatic carbocycles. The van der Waals surface area contributed by atoms with Gasteiger partial charge < -0.3 is 9.30 Å². The van der Waals surface area contributed by atoms with E-state index >= 15 is 0 Å². The first kappa shape index (κ1) is 21.0. The summed E-state index contributed by atoms with van der Waals surface area (Å²) in [5.74, 6) is 0.599. The molecule has 0 radical (unpaired) electrons. The Balaban J connectivity index is 1.36. The molecule has 3 heterocycles. The third kappa shape index (κ3) is 4.15. The molecule has 2 aliphatic rings. The molecule has 0 atom stereocenters. The van der Waals surface area contributed by atoms with E-state index in [1.165, 1.54) is 11.8 Å². The Morgan fingerprint density at radius 1 is 1.06 bits per heavy atom. The zero-order valence-electron chi connectivity index (χ0n) is 18.1. The van der Waals surface area contributed by atoms with Gasteiger partial charge in [-0.1, -0.05) is 60.3 Å².